The summed E-state index contributed by atoms with van der Waals surface area (Å²) in [6.07, 6.45) is 3.85. The number of amides is 1. The third-order valence-electron chi connectivity index (χ3n) is 8.96. The van der Waals surface area contributed by atoms with Crippen LogP contribution in [0.5, 0.6) is 17.6 Å². The Morgan fingerprint density at radius 3 is 2.24 bits per heavy atom. The average Bonchev–Trinajstić information content (AvgIpc) is 3.55. The molecular weight excluding hydrogens is 602 g/mol. The maximum Gasteiger partial charge on any atom is 0.319 e. The third-order valence-corrected chi connectivity index (χ3v) is 13.3. The molecule has 2 aromatic heterocycles. The Kier molecular flexibility index (Phi) is 9.38. The zero-order valence-corrected chi connectivity index (χ0v) is 29.2. The average molecular weight is 648 g/mol. The standard InChI is InChI=1S/C35H45N5O5S/c1-20(2)46(10,21(3)4)45-19-24(7)39-31-29(37-32(39)27-18-36-35(44-9)38-33(27)43-8)34(42)40(28-17-26(41)16-13-23(28)6)30(31)25-14-11-22(5)12-15-25/h11-18,20-21,24,30,41H,19H2,1-10H3. The van der Waals surface area contributed by atoms with E-state index in [2.05, 4.69) is 55.4 Å². The van der Waals surface area contributed by atoms with Gasteiger partial charge in [-0.05, 0) is 44.2 Å². The molecule has 0 spiro atoms. The van der Waals surface area contributed by atoms with Crippen molar-refractivity contribution in [1.82, 2.24) is 19.5 Å². The molecule has 0 aliphatic carbocycles. The number of rotatable bonds is 11. The largest absolute Gasteiger partial charge is 0.508 e. The first kappa shape index (κ1) is 33.3. The summed E-state index contributed by atoms with van der Waals surface area (Å²) in [5.41, 5.74) is 5.07. The van der Waals surface area contributed by atoms with Gasteiger partial charge in [0.1, 0.15) is 17.6 Å². The Hall–Kier alpha value is -4.09. The molecule has 2 aromatic carbocycles. The lowest BCUT2D eigenvalue weighted by Gasteiger charge is -2.44. The number of carbonyl (C=O) groups excluding carboxylic acids is 1. The lowest BCUT2D eigenvalue weighted by atomic mass is 10.0. The topological polar surface area (TPSA) is 112 Å². The smallest absolute Gasteiger partial charge is 0.319 e. The van der Waals surface area contributed by atoms with Crippen LogP contribution in [0.4, 0.5) is 5.69 Å². The normalized spacial score (nSPS) is 15.9. The quantitative estimate of drug-likeness (QED) is 0.182. The van der Waals surface area contributed by atoms with E-state index in [1.165, 1.54) is 14.2 Å². The molecule has 0 radical (unpaired) electrons. The number of phenolic OH excluding ortho intramolecular Hbond substituents is 1. The van der Waals surface area contributed by atoms with E-state index in [1.54, 1.807) is 23.2 Å². The van der Waals surface area contributed by atoms with Crippen molar-refractivity contribution >= 4 is 21.9 Å². The van der Waals surface area contributed by atoms with Gasteiger partial charge in [0.15, 0.2) is 5.69 Å². The lowest BCUT2D eigenvalue weighted by molar-refractivity contribution is 0.0989. The van der Waals surface area contributed by atoms with E-state index in [0.717, 1.165) is 22.4 Å². The van der Waals surface area contributed by atoms with Gasteiger partial charge in [-0.3, -0.25) is 9.69 Å². The molecule has 1 aliphatic rings. The number of aromatic nitrogens is 4. The Bertz CT molecular complexity index is 1730. The molecule has 1 amide bonds. The molecule has 2 atom stereocenters. The third kappa shape index (κ3) is 5.82. The fourth-order valence-electron chi connectivity index (χ4n) is 5.91. The van der Waals surface area contributed by atoms with Crippen LogP contribution in [0.2, 0.25) is 0 Å². The number of aromatic hydroxyl groups is 1. The van der Waals surface area contributed by atoms with Crippen molar-refractivity contribution in [3.63, 3.8) is 0 Å². The highest BCUT2D eigenvalue weighted by molar-refractivity contribution is 8.30. The Morgan fingerprint density at radius 1 is 0.957 bits per heavy atom. The molecule has 246 valence electrons. The number of methoxy groups -OCH3 is 2. The van der Waals surface area contributed by atoms with Crippen molar-refractivity contribution in [2.45, 2.75) is 71.0 Å². The SMILES string of the molecule is COc1ncc(-c2nc3c(n2C(C)COS(C)(C(C)C)C(C)C)C(c2ccc(C)cc2)N(c2cc(O)ccc2C)C3=O)c(OC)n1. The molecule has 0 saturated heterocycles. The van der Waals surface area contributed by atoms with Crippen molar-refractivity contribution in [2.24, 2.45) is 0 Å². The summed E-state index contributed by atoms with van der Waals surface area (Å²) in [5, 5.41) is 11.2. The lowest BCUT2D eigenvalue weighted by Crippen LogP contribution is -2.31. The minimum Gasteiger partial charge on any atom is -0.508 e. The van der Waals surface area contributed by atoms with Gasteiger partial charge < -0.3 is 23.3 Å². The fraction of sp³-hybridized carbons (Fsp3) is 0.429. The number of aryl methyl sites for hydroxylation is 2. The zero-order valence-electron chi connectivity index (χ0n) is 28.4. The Morgan fingerprint density at radius 2 is 1.63 bits per heavy atom. The van der Waals surface area contributed by atoms with Crippen LogP contribution < -0.4 is 14.4 Å². The highest BCUT2D eigenvalue weighted by Crippen LogP contribution is 2.55. The molecule has 11 heteroatoms. The van der Waals surface area contributed by atoms with Gasteiger partial charge >= 0.3 is 6.01 Å². The molecule has 3 heterocycles. The molecular formula is C35H45N5O5S. The predicted molar refractivity (Wildman–Crippen MR) is 183 cm³/mol. The summed E-state index contributed by atoms with van der Waals surface area (Å²) in [5.74, 6) is 0.597. The summed E-state index contributed by atoms with van der Waals surface area (Å²) in [6.45, 7) is 15.3. The fourth-order valence-corrected chi connectivity index (χ4v) is 8.03. The van der Waals surface area contributed by atoms with E-state index in [0.29, 0.717) is 39.9 Å². The van der Waals surface area contributed by atoms with Gasteiger partial charge in [-0.25, -0.2) is 9.97 Å². The van der Waals surface area contributed by atoms with E-state index in [9.17, 15) is 9.90 Å². The maximum absolute atomic E-state index is 14.5. The van der Waals surface area contributed by atoms with Crippen LogP contribution in [0.3, 0.4) is 0 Å². The van der Waals surface area contributed by atoms with E-state index in [1.807, 2.05) is 44.2 Å². The Balaban J connectivity index is 1.77. The van der Waals surface area contributed by atoms with Crippen molar-refractivity contribution < 1.29 is 23.6 Å². The van der Waals surface area contributed by atoms with Crippen LogP contribution in [0.1, 0.15) is 79.6 Å². The van der Waals surface area contributed by atoms with Crippen molar-refractivity contribution in [3.05, 3.63) is 76.7 Å². The second-order valence-electron chi connectivity index (χ2n) is 12.5. The molecule has 4 aromatic rings. The highest BCUT2D eigenvalue weighted by atomic mass is 32.3. The number of benzene rings is 2. The number of anilines is 1. The van der Waals surface area contributed by atoms with E-state index in [4.69, 9.17) is 18.6 Å². The number of ether oxygens (including phenoxy) is 2. The number of carbonyl (C=O) groups is 1. The number of hydrogen-bond acceptors (Lipinski definition) is 8. The molecule has 1 aliphatic heterocycles. The second kappa shape index (κ2) is 13.0. The number of imidazole rings is 1. The number of hydrogen-bond donors (Lipinski definition) is 1. The number of fused-ring (bicyclic) bond motifs is 1. The van der Waals surface area contributed by atoms with Crippen LogP contribution in [0.25, 0.3) is 11.4 Å². The first-order valence-electron chi connectivity index (χ1n) is 15.5. The van der Waals surface area contributed by atoms with Gasteiger partial charge in [0, 0.05) is 22.8 Å². The van der Waals surface area contributed by atoms with Crippen molar-refractivity contribution in [2.75, 3.05) is 32.0 Å². The van der Waals surface area contributed by atoms with Crippen molar-refractivity contribution in [3.8, 4) is 29.0 Å². The van der Waals surface area contributed by atoms with Crippen LogP contribution in [-0.2, 0) is 4.18 Å². The number of nitrogens with zero attached hydrogens (tertiary/aromatic N) is 5. The van der Waals surface area contributed by atoms with Crippen LogP contribution in [-0.4, -0.2) is 68.1 Å². The van der Waals surface area contributed by atoms with Crippen LogP contribution >= 0.6 is 10.3 Å². The molecule has 0 fully saturated rings. The van der Waals surface area contributed by atoms with E-state index < -0.39 is 16.4 Å². The zero-order chi connectivity index (χ0) is 33.5. The second-order valence-corrected chi connectivity index (χ2v) is 16.5. The van der Waals surface area contributed by atoms with E-state index in [-0.39, 0.29) is 29.6 Å². The molecule has 2 unspecified atom stereocenters. The summed E-state index contributed by atoms with van der Waals surface area (Å²) < 4.78 is 19.9. The van der Waals surface area contributed by atoms with Crippen LogP contribution in [0, 0.1) is 13.8 Å². The summed E-state index contributed by atoms with van der Waals surface area (Å²) in [7, 11) is 1.61. The van der Waals surface area contributed by atoms with Gasteiger partial charge in [-0.15, -0.1) is 10.3 Å². The molecule has 46 heavy (non-hydrogen) atoms. The first-order chi connectivity index (χ1) is 21.8. The van der Waals surface area contributed by atoms with Crippen molar-refractivity contribution in [1.29, 1.82) is 0 Å². The minimum atomic E-state index is -1.42. The van der Waals surface area contributed by atoms with Crippen LogP contribution in [0.15, 0.2) is 48.7 Å². The monoisotopic (exact) mass is 647 g/mol. The summed E-state index contributed by atoms with van der Waals surface area (Å²) in [4.78, 5) is 30.1. The number of phenols is 1. The first-order valence-corrected chi connectivity index (χ1v) is 17.6. The van der Waals surface area contributed by atoms with Gasteiger partial charge in [0.05, 0.1) is 43.8 Å². The molecule has 1 N–H and O–H groups in total. The summed E-state index contributed by atoms with van der Waals surface area (Å²) in [6, 6.07) is 12.6. The summed E-state index contributed by atoms with van der Waals surface area (Å²) >= 11 is 0. The molecule has 10 nitrogen and oxygen atoms in total. The van der Waals surface area contributed by atoms with E-state index >= 15 is 0 Å². The van der Waals surface area contributed by atoms with Gasteiger partial charge in [0.25, 0.3) is 5.91 Å². The Labute approximate surface area is 273 Å². The molecule has 0 saturated carbocycles. The molecule has 0 bridgehead atoms. The van der Waals surface area contributed by atoms with Gasteiger partial charge in [-0.1, -0.05) is 63.6 Å². The highest BCUT2D eigenvalue weighted by Gasteiger charge is 2.46. The van der Waals surface area contributed by atoms with Gasteiger partial charge in [-0.2, -0.15) is 4.98 Å². The minimum absolute atomic E-state index is 0.0793. The van der Waals surface area contributed by atoms with Gasteiger partial charge in [0.2, 0.25) is 5.88 Å². The predicted octanol–water partition coefficient (Wildman–Crippen LogP) is 7.17. The molecule has 5 rings (SSSR count). The maximum atomic E-state index is 14.5.